The predicted molar refractivity (Wildman–Crippen MR) is 62.3 cm³/mol. The van der Waals surface area contributed by atoms with Gasteiger partial charge in [0.1, 0.15) is 6.23 Å². The molecule has 1 N–H and O–H groups in total. The SMILES string of the molecule is CCCCC(C)(CC)N(CC)C(C)O. The Morgan fingerprint density at radius 1 is 1.29 bits per heavy atom. The molecule has 2 unspecified atom stereocenters. The van der Waals surface area contributed by atoms with Crippen LogP contribution in [0.5, 0.6) is 0 Å². The summed E-state index contributed by atoms with van der Waals surface area (Å²) in [6.07, 6.45) is 4.42. The molecule has 2 nitrogen and oxygen atoms in total. The van der Waals surface area contributed by atoms with E-state index in [2.05, 4.69) is 32.6 Å². The molecule has 0 aromatic rings. The zero-order valence-electron chi connectivity index (χ0n) is 10.5. The summed E-state index contributed by atoms with van der Waals surface area (Å²) in [6, 6.07) is 0. The Balaban J connectivity index is 4.44. The number of hydrogen-bond donors (Lipinski definition) is 1. The molecular formula is C12H27NO. The predicted octanol–water partition coefficient (Wildman–Crippen LogP) is 3.01. The van der Waals surface area contributed by atoms with E-state index in [9.17, 15) is 5.11 Å². The summed E-state index contributed by atoms with van der Waals surface area (Å²) in [5, 5.41) is 9.70. The topological polar surface area (TPSA) is 23.5 Å². The molecule has 2 atom stereocenters. The fourth-order valence-electron chi connectivity index (χ4n) is 2.18. The molecule has 0 aromatic heterocycles. The maximum Gasteiger partial charge on any atom is 0.104 e. The maximum atomic E-state index is 9.70. The fraction of sp³-hybridized carbons (Fsp3) is 1.00. The van der Waals surface area contributed by atoms with E-state index in [1.807, 2.05) is 6.92 Å². The van der Waals surface area contributed by atoms with Gasteiger partial charge in [-0.05, 0) is 33.2 Å². The quantitative estimate of drug-likeness (QED) is 0.640. The van der Waals surface area contributed by atoms with Crippen LogP contribution < -0.4 is 0 Å². The van der Waals surface area contributed by atoms with E-state index in [1.165, 1.54) is 19.3 Å². The van der Waals surface area contributed by atoms with Crippen LogP contribution in [0.4, 0.5) is 0 Å². The van der Waals surface area contributed by atoms with Crippen LogP contribution in [0.25, 0.3) is 0 Å². The molecule has 0 aromatic carbocycles. The first kappa shape index (κ1) is 13.9. The van der Waals surface area contributed by atoms with Crippen LogP contribution in [0, 0.1) is 0 Å². The highest BCUT2D eigenvalue weighted by Crippen LogP contribution is 2.27. The van der Waals surface area contributed by atoms with Gasteiger partial charge in [-0.15, -0.1) is 0 Å². The van der Waals surface area contributed by atoms with E-state index in [0.717, 1.165) is 13.0 Å². The Morgan fingerprint density at radius 3 is 2.14 bits per heavy atom. The molecule has 0 saturated carbocycles. The Hall–Kier alpha value is -0.0800. The summed E-state index contributed by atoms with van der Waals surface area (Å²) in [7, 11) is 0. The molecule has 0 aliphatic heterocycles. The Labute approximate surface area is 89.3 Å². The molecule has 0 saturated heterocycles. The summed E-state index contributed by atoms with van der Waals surface area (Å²) in [4.78, 5) is 2.20. The molecule has 0 heterocycles. The van der Waals surface area contributed by atoms with Gasteiger partial charge < -0.3 is 5.11 Å². The van der Waals surface area contributed by atoms with Crippen LogP contribution in [0.1, 0.15) is 60.3 Å². The van der Waals surface area contributed by atoms with E-state index in [4.69, 9.17) is 0 Å². The number of nitrogens with zero attached hydrogens (tertiary/aromatic N) is 1. The van der Waals surface area contributed by atoms with Crippen molar-refractivity contribution in [3.8, 4) is 0 Å². The number of unbranched alkanes of at least 4 members (excludes halogenated alkanes) is 1. The van der Waals surface area contributed by atoms with Crippen LogP contribution in [-0.4, -0.2) is 28.3 Å². The Morgan fingerprint density at radius 2 is 1.86 bits per heavy atom. The van der Waals surface area contributed by atoms with Crippen LogP contribution >= 0.6 is 0 Å². The van der Waals surface area contributed by atoms with Gasteiger partial charge in [0.15, 0.2) is 0 Å². The molecule has 0 bridgehead atoms. The third kappa shape index (κ3) is 3.58. The summed E-state index contributed by atoms with van der Waals surface area (Å²) in [5.74, 6) is 0. The van der Waals surface area contributed by atoms with Gasteiger partial charge in [-0.2, -0.15) is 0 Å². The lowest BCUT2D eigenvalue weighted by molar-refractivity contribution is -0.0545. The first-order chi connectivity index (χ1) is 6.51. The van der Waals surface area contributed by atoms with E-state index < -0.39 is 0 Å². The highest BCUT2D eigenvalue weighted by Gasteiger charge is 2.30. The minimum Gasteiger partial charge on any atom is -0.379 e. The van der Waals surface area contributed by atoms with Gasteiger partial charge in [0.2, 0.25) is 0 Å². The van der Waals surface area contributed by atoms with Crippen molar-refractivity contribution in [3.05, 3.63) is 0 Å². The molecule has 0 fully saturated rings. The molecule has 0 amide bonds. The number of rotatable bonds is 7. The van der Waals surface area contributed by atoms with Gasteiger partial charge in [-0.3, -0.25) is 4.90 Å². The van der Waals surface area contributed by atoms with Crippen molar-refractivity contribution in [2.45, 2.75) is 72.1 Å². The smallest absolute Gasteiger partial charge is 0.104 e. The normalized spacial score (nSPS) is 18.2. The summed E-state index contributed by atoms with van der Waals surface area (Å²) >= 11 is 0. The zero-order valence-corrected chi connectivity index (χ0v) is 10.5. The van der Waals surface area contributed by atoms with Crippen molar-refractivity contribution in [1.29, 1.82) is 0 Å². The van der Waals surface area contributed by atoms with Gasteiger partial charge in [-0.25, -0.2) is 0 Å². The van der Waals surface area contributed by atoms with E-state index in [1.54, 1.807) is 0 Å². The Bertz CT molecular complexity index is 147. The third-order valence-electron chi connectivity index (χ3n) is 3.32. The average Bonchev–Trinajstić information content (AvgIpc) is 2.15. The van der Waals surface area contributed by atoms with Crippen LogP contribution in [0.3, 0.4) is 0 Å². The number of hydrogen-bond acceptors (Lipinski definition) is 2. The van der Waals surface area contributed by atoms with E-state index in [0.29, 0.717) is 0 Å². The average molecular weight is 201 g/mol. The lowest BCUT2D eigenvalue weighted by Gasteiger charge is -2.42. The fourth-order valence-corrected chi connectivity index (χ4v) is 2.18. The number of aliphatic hydroxyl groups is 1. The van der Waals surface area contributed by atoms with Gasteiger partial charge in [0.05, 0.1) is 0 Å². The van der Waals surface area contributed by atoms with Crippen LogP contribution in [-0.2, 0) is 0 Å². The molecule has 0 rings (SSSR count). The molecule has 86 valence electrons. The standard InChI is InChI=1S/C12H27NO/c1-6-9-10-12(5,7-2)13(8-3)11(4)14/h11,14H,6-10H2,1-5H3. The largest absolute Gasteiger partial charge is 0.379 e. The molecular weight excluding hydrogens is 174 g/mol. The zero-order chi connectivity index (χ0) is 11.2. The molecule has 14 heavy (non-hydrogen) atoms. The molecule has 0 aliphatic rings. The lowest BCUT2D eigenvalue weighted by Crippen LogP contribution is -2.50. The van der Waals surface area contributed by atoms with Crippen molar-refractivity contribution in [1.82, 2.24) is 4.90 Å². The van der Waals surface area contributed by atoms with Gasteiger partial charge in [-0.1, -0.05) is 33.6 Å². The molecule has 0 aliphatic carbocycles. The van der Waals surface area contributed by atoms with Crippen LogP contribution in [0.2, 0.25) is 0 Å². The van der Waals surface area contributed by atoms with E-state index >= 15 is 0 Å². The second-order valence-electron chi connectivity index (χ2n) is 4.37. The third-order valence-corrected chi connectivity index (χ3v) is 3.32. The molecule has 0 radical (unpaired) electrons. The van der Waals surface area contributed by atoms with E-state index in [-0.39, 0.29) is 11.8 Å². The van der Waals surface area contributed by atoms with Gasteiger partial charge >= 0.3 is 0 Å². The van der Waals surface area contributed by atoms with Gasteiger partial charge in [0, 0.05) is 5.54 Å². The minimum absolute atomic E-state index is 0.166. The van der Waals surface area contributed by atoms with Crippen molar-refractivity contribution in [2.75, 3.05) is 6.54 Å². The summed E-state index contributed by atoms with van der Waals surface area (Å²) in [6.45, 7) is 11.6. The summed E-state index contributed by atoms with van der Waals surface area (Å²) in [5.41, 5.74) is 0.166. The second kappa shape index (κ2) is 6.41. The number of aliphatic hydroxyl groups excluding tert-OH is 1. The van der Waals surface area contributed by atoms with Crippen molar-refractivity contribution < 1.29 is 5.11 Å². The monoisotopic (exact) mass is 201 g/mol. The lowest BCUT2D eigenvalue weighted by atomic mass is 9.89. The van der Waals surface area contributed by atoms with Crippen molar-refractivity contribution in [3.63, 3.8) is 0 Å². The van der Waals surface area contributed by atoms with Gasteiger partial charge in [0.25, 0.3) is 0 Å². The highest BCUT2D eigenvalue weighted by molar-refractivity contribution is 4.84. The van der Waals surface area contributed by atoms with Crippen molar-refractivity contribution >= 4 is 0 Å². The summed E-state index contributed by atoms with van der Waals surface area (Å²) < 4.78 is 0. The van der Waals surface area contributed by atoms with Crippen LogP contribution in [0.15, 0.2) is 0 Å². The van der Waals surface area contributed by atoms with Crippen molar-refractivity contribution in [2.24, 2.45) is 0 Å². The maximum absolute atomic E-state index is 9.70. The first-order valence-corrected chi connectivity index (χ1v) is 5.96. The highest BCUT2D eigenvalue weighted by atomic mass is 16.3. The first-order valence-electron chi connectivity index (χ1n) is 5.96. The second-order valence-corrected chi connectivity index (χ2v) is 4.37. The molecule has 2 heteroatoms. The minimum atomic E-state index is -0.332. The Kier molecular flexibility index (Phi) is 6.38. The molecule has 0 spiro atoms.